The van der Waals surface area contributed by atoms with E-state index >= 15 is 0 Å². The smallest absolute Gasteiger partial charge is 0.315 e. The van der Waals surface area contributed by atoms with Gasteiger partial charge in [0.2, 0.25) is 5.91 Å². The summed E-state index contributed by atoms with van der Waals surface area (Å²) in [6.07, 6.45) is 5.67. The molecule has 0 aliphatic heterocycles. The Labute approximate surface area is 147 Å². The first-order valence-electron chi connectivity index (χ1n) is 8.75. The number of carbonyl (C=O) groups excluding carboxylic acids is 3. The van der Waals surface area contributed by atoms with Gasteiger partial charge < -0.3 is 21.3 Å². The van der Waals surface area contributed by atoms with Crippen molar-refractivity contribution in [3.8, 4) is 0 Å². The standard InChI is InChI=1S/C18H26N4O3/c1-13(23)21-16-9-7-14(8-10-16)17(24)19-11-12-20-18(25)22-15-5-3-2-4-6-15/h7-10,15H,2-6,11-12H2,1H3,(H,19,24)(H,21,23)(H2,20,22,25). The van der Waals surface area contributed by atoms with E-state index in [4.69, 9.17) is 0 Å². The zero-order chi connectivity index (χ0) is 18.1. The van der Waals surface area contributed by atoms with Gasteiger partial charge in [-0.3, -0.25) is 9.59 Å². The molecule has 7 heteroatoms. The minimum Gasteiger partial charge on any atom is -0.350 e. The SMILES string of the molecule is CC(=O)Nc1ccc(C(=O)NCCNC(=O)NC2CCCCC2)cc1. The first-order chi connectivity index (χ1) is 12.0. The van der Waals surface area contributed by atoms with Gasteiger partial charge in [-0.1, -0.05) is 19.3 Å². The van der Waals surface area contributed by atoms with Crippen LogP contribution in [0.15, 0.2) is 24.3 Å². The summed E-state index contributed by atoms with van der Waals surface area (Å²) in [7, 11) is 0. The molecule has 0 saturated heterocycles. The predicted molar refractivity (Wildman–Crippen MR) is 96.5 cm³/mol. The molecule has 4 amide bonds. The Morgan fingerprint density at radius 2 is 1.60 bits per heavy atom. The Morgan fingerprint density at radius 1 is 0.960 bits per heavy atom. The number of hydrogen-bond acceptors (Lipinski definition) is 3. The molecule has 1 aliphatic rings. The summed E-state index contributed by atoms with van der Waals surface area (Å²) in [5, 5.41) is 11.1. The zero-order valence-electron chi connectivity index (χ0n) is 14.6. The van der Waals surface area contributed by atoms with Crippen molar-refractivity contribution in [3.05, 3.63) is 29.8 Å². The molecule has 1 aromatic rings. The molecule has 0 radical (unpaired) electrons. The first-order valence-corrected chi connectivity index (χ1v) is 8.75. The topological polar surface area (TPSA) is 99.3 Å². The van der Waals surface area contributed by atoms with E-state index in [1.807, 2.05) is 0 Å². The second-order valence-corrected chi connectivity index (χ2v) is 6.25. The van der Waals surface area contributed by atoms with Gasteiger partial charge in [0, 0.05) is 37.3 Å². The van der Waals surface area contributed by atoms with Crippen molar-refractivity contribution >= 4 is 23.5 Å². The number of nitrogens with one attached hydrogen (secondary N) is 4. The van der Waals surface area contributed by atoms with E-state index in [2.05, 4.69) is 21.3 Å². The molecular formula is C18H26N4O3. The number of hydrogen-bond donors (Lipinski definition) is 4. The largest absolute Gasteiger partial charge is 0.350 e. The quantitative estimate of drug-likeness (QED) is 0.593. The van der Waals surface area contributed by atoms with Crippen LogP contribution in [0.5, 0.6) is 0 Å². The maximum absolute atomic E-state index is 12.0. The highest BCUT2D eigenvalue weighted by Gasteiger charge is 2.15. The molecule has 136 valence electrons. The van der Waals surface area contributed by atoms with Gasteiger partial charge in [0.05, 0.1) is 0 Å². The molecule has 0 unspecified atom stereocenters. The van der Waals surface area contributed by atoms with Crippen LogP contribution < -0.4 is 21.3 Å². The summed E-state index contributed by atoms with van der Waals surface area (Å²) in [4.78, 5) is 34.8. The highest BCUT2D eigenvalue weighted by Crippen LogP contribution is 2.17. The molecule has 4 N–H and O–H groups in total. The summed E-state index contributed by atoms with van der Waals surface area (Å²) in [5.41, 5.74) is 1.14. The lowest BCUT2D eigenvalue weighted by Crippen LogP contribution is -2.45. The molecule has 0 heterocycles. The van der Waals surface area contributed by atoms with E-state index in [1.165, 1.54) is 26.2 Å². The molecule has 0 atom stereocenters. The third-order valence-electron chi connectivity index (χ3n) is 4.10. The minimum atomic E-state index is -0.219. The van der Waals surface area contributed by atoms with E-state index in [0.29, 0.717) is 24.3 Å². The van der Waals surface area contributed by atoms with Crippen molar-refractivity contribution in [1.82, 2.24) is 16.0 Å². The molecular weight excluding hydrogens is 320 g/mol. The zero-order valence-corrected chi connectivity index (χ0v) is 14.6. The van der Waals surface area contributed by atoms with Crippen LogP contribution >= 0.6 is 0 Å². The van der Waals surface area contributed by atoms with E-state index in [9.17, 15) is 14.4 Å². The van der Waals surface area contributed by atoms with Crippen LogP contribution in [0.4, 0.5) is 10.5 Å². The van der Waals surface area contributed by atoms with Gasteiger partial charge in [0.25, 0.3) is 5.91 Å². The van der Waals surface area contributed by atoms with Gasteiger partial charge in [0.1, 0.15) is 0 Å². The Morgan fingerprint density at radius 3 is 2.24 bits per heavy atom. The number of urea groups is 1. The van der Waals surface area contributed by atoms with Crippen molar-refractivity contribution in [1.29, 1.82) is 0 Å². The van der Waals surface area contributed by atoms with Crippen molar-refractivity contribution < 1.29 is 14.4 Å². The number of anilines is 1. The summed E-state index contributed by atoms with van der Waals surface area (Å²) in [6.45, 7) is 2.15. The number of carbonyl (C=O) groups is 3. The maximum atomic E-state index is 12.0. The average Bonchev–Trinajstić information content (AvgIpc) is 2.59. The Kier molecular flexibility index (Phi) is 7.25. The highest BCUT2D eigenvalue weighted by atomic mass is 16.2. The number of amides is 4. The normalized spacial score (nSPS) is 14.4. The molecule has 0 spiro atoms. The monoisotopic (exact) mass is 346 g/mol. The summed E-state index contributed by atoms with van der Waals surface area (Å²) < 4.78 is 0. The molecule has 1 saturated carbocycles. The van der Waals surface area contributed by atoms with Gasteiger partial charge in [0.15, 0.2) is 0 Å². The predicted octanol–water partition coefficient (Wildman–Crippen LogP) is 2.01. The van der Waals surface area contributed by atoms with Crippen molar-refractivity contribution in [2.24, 2.45) is 0 Å². The lowest BCUT2D eigenvalue weighted by atomic mass is 9.96. The second-order valence-electron chi connectivity index (χ2n) is 6.25. The lowest BCUT2D eigenvalue weighted by Gasteiger charge is -2.22. The van der Waals surface area contributed by atoms with Gasteiger partial charge in [-0.15, -0.1) is 0 Å². The van der Waals surface area contributed by atoms with Gasteiger partial charge in [-0.2, -0.15) is 0 Å². The molecule has 0 aromatic heterocycles. The van der Waals surface area contributed by atoms with Crippen molar-refractivity contribution in [3.63, 3.8) is 0 Å². The van der Waals surface area contributed by atoms with Crippen LogP contribution in [0.25, 0.3) is 0 Å². The highest BCUT2D eigenvalue weighted by molar-refractivity contribution is 5.95. The fourth-order valence-corrected chi connectivity index (χ4v) is 2.85. The lowest BCUT2D eigenvalue weighted by molar-refractivity contribution is -0.114. The van der Waals surface area contributed by atoms with Crippen molar-refractivity contribution in [2.75, 3.05) is 18.4 Å². The summed E-state index contributed by atoms with van der Waals surface area (Å²) >= 11 is 0. The molecule has 2 rings (SSSR count). The van der Waals surface area contributed by atoms with Crippen molar-refractivity contribution in [2.45, 2.75) is 45.1 Å². The third-order valence-corrected chi connectivity index (χ3v) is 4.10. The summed E-state index contributed by atoms with van der Waals surface area (Å²) in [6, 6.07) is 6.72. The fraction of sp³-hybridized carbons (Fsp3) is 0.500. The Hall–Kier alpha value is -2.57. The maximum Gasteiger partial charge on any atom is 0.315 e. The molecule has 1 aromatic carbocycles. The van der Waals surface area contributed by atoms with Crippen LogP contribution in [-0.4, -0.2) is 37.0 Å². The van der Waals surface area contributed by atoms with Crippen LogP contribution in [0.2, 0.25) is 0 Å². The van der Waals surface area contributed by atoms with Gasteiger partial charge in [-0.05, 0) is 37.1 Å². The van der Waals surface area contributed by atoms with Gasteiger partial charge >= 0.3 is 6.03 Å². The molecule has 1 fully saturated rings. The summed E-state index contributed by atoms with van der Waals surface area (Å²) in [5.74, 6) is -0.376. The third kappa shape index (κ3) is 6.82. The molecule has 7 nitrogen and oxygen atoms in total. The fourth-order valence-electron chi connectivity index (χ4n) is 2.85. The minimum absolute atomic E-state index is 0.158. The van der Waals surface area contributed by atoms with E-state index in [-0.39, 0.29) is 23.9 Å². The molecule has 0 bridgehead atoms. The van der Waals surface area contributed by atoms with Crippen LogP contribution in [-0.2, 0) is 4.79 Å². The molecule has 25 heavy (non-hydrogen) atoms. The van der Waals surface area contributed by atoms with Crippen LogP contribution in [0.3, 0.4) is 0 Å². The second kappa shape index (κ2) is 9.66. The Bertz CT molecular complexity index is 595. The van der Waals surface area contributed by atoms with Gasteiger partial charge in [-0.25, -0.2) is 4.79 Å². The average molecular weight is 346 g/mol. The van der Waals surface area contributed by atoms with Crippen LogP contribution in [0.1, 0.15) is 49.4 Å². The first kappa shape index (κ1) is 18.8. The van der Waals surface area contributed by atoms with E-state index in [1.54, 1.807) is 24.3 Å². The molecule has 1 aliphatic carbocycles. The number of rotatable bonds is 6. The van der Waals surface area contributed by atoms with E-state index < -0.39 is 0 Å². The number of benzene rings is 1. The van der Waals surface area contributed by atoms with Crippen LogP contribution in [0, 0.1) is 0 Å². The Balaban J connectivity index is 1.64. The van der Waals surface area contributed by atoms with E-state index in [0.717, 1.165) is 12.8 Å².